The fourth-order valence-electron chi connectivity index (χ4n) is 0.695. The van der Waals surface area contributed by atoms with Crippen LogP contribution in [0.25, 0.3) is 0 Å². The number of halogens is 2. The molecule has 1 atom stereocenters. The molecule has 5 nitrogen and oxygen atoms in total. The number of nitrogens with one attached hydrogen (secondary N) is 1. The van der Waals surface area contributed by atoms with E-state index in [1.165, 1.54) is 0 Å². The Kier molecular flexibility index (Phi) is 3.86. The van der Waals surface area contributed by atoms with E-state index in [1.54, 1.807) is 6.92 Å². The number of hydrogen-bond acceptors (Lipinski definition) is 5. The summed E-state index contributed by atoms with van der Waals surface area (Å²) in [5, 5.41) is 11.4. The minimum absolute atomic E-state index is 0.0251. The van der Waals surface area contributed by atoms with Crippen LogP contribution in [0.4, 0.5) is 5.95 Å². The molecule has 0 aliphatic carbocycles. The lowest BCUT2D eigenvalue weighted by Gasteiger charge is -2.05. The fourth-order valence-corrected chi connectivity index (χ4v) is 1.06. The van der Waals surface area contributed by atoms with E-state index in [2.05, 4.69) is 26.3 Å². The van der Waals surface area contributed by atoms with Crippen LogP contribution in [-0.2, 0) is 0 Å². The number of nitriles is 1. The van der Waals surface area contributed by atoms with Crippen molar-refractivity contribution in [2.45, 2.75) is 6.92 Å². The molecular formula is C7H7Cl2N5. The second-order valence-electron chi connectivity index (χ2n) is 2.61. The Bertz CT molecular complexity index is 341. The van der Waals surface area contributed by atoms with Crippen molar-refractivity contribution in [3.63, 3.8) is 0 Å². The van der Waals surface area contributed by atoms with Crippen LogP contribution >= 0.6 is 23.2 Å². The molecule has 0 aromatic carbocycles. The molecular weight excluding hydrogens is 225 g/mol. The monoisotopic (exact) mass is 231 g/mol. The zero-order valence-corrected chi connectivity index (χ0v) is 8.84. The molecule has 0 saturated carbocycles. The van der Waals surface area contributed by atoms with Gasteiger partial charge in [-0.3, -0.25) is 0 Å². The summed E-state index contributed by atoms with van der Waals surface area (Å²) in [5.41, 5.74) is 0. The Hall–Kier alpha value is -1.12. The van der Waals surface area contributed by atoms with E-state index in [-0.39, 0.29) is 22.4 Å². The number of aromatic nitrogens is 3. The molecule has 0 spiro atoms. The lowest BCUT2D eigenvalue weighted by molar-refractivity contribution is 0.777. The number of nitrogens with zero attached hydrogens (tertiary/aromatic N) is 4. The van der Waals surface area contributed by atoms with Gasteiger partial charge in [-0.05, 0) is 30.1 Å². The zero-order chi connectivity index (χ0) is 10.6. The third-order valence-corrected chi connectivity index (χ3v) is 1.71. The summed E-state index contributed by atoms with van der Waals surface area (Å²) in [5.74, 6) is 0.140. The van der Waals surface area contributed by atoms with Gasteiger partial charge in [-0.1, -0.05) is 0 Å². The maximum Gasteiger partial charge on any atom is 0.228 e. The molecule has 1 unspecified atom stereocenters. The Balaban J connectivity index is 2.64. The van der Waals surface area contributed by atoms with Crippen LogP contribution in [0.2, 0.25) is 10.6 Å². The molecule has 1 heterocycles. The van der Waals surface area contributed by atoms with Crippen molar-refractivity contribution in [1.82, 2.24) is 15.0 Å². The topological polar surface area (TPSA) is 74.5 Å². The third-order valence-electron chi connectivity index (χ3n) is 1.37. The van der Waals surface area contributed by atoms with E-state index < -0.39 is 0 Å². The maximum atomic E-state index is 8.53. The van der Waals surface area contributed by atoms with Gasteiger partial charge >= 0.3 is 0 Å². The molecule has 0 fully saturated rings. The minimum atomic E-state index is -0.135. The van der Waals surface area contributed by atoms with E-state index in [0.29, 0.717) is 6.54 Å². The van der Waals surface area contributed by atoms with Crippen molar-refractivity contribution < 1.29 is 0 Å². The Labute approximate surface area is 91.1 Å². The Morgan fingerprint density at radius 3 is 2.43 bits per heavy atom. The quantitative estimate of drug-likeness (QED) is 0.859. The van der Waals surface area contributed by atoms with Crippen molar-refractivity contribution in [1.29, 1.82) is 5.26 Å². The molecule has 0 aliphatic heterocycles. The lowest BCUT2D eigenvalue weighted by atomic mass is 10.2. The van der Waals surface area contributed by atoms with Crippen LogP contribution in [0.3, 0.4) is 0 Å². The first kappa shape index (κ1) is 11.0. The van der Waals surface area contributed by atoms with Gasteiger partial charge in [0.2, 0.25) is 16.5 Å². The molecule has 1 aromatic heterocycles. The molecule has 7 heteroatoms. The highest BCUT2D eigenvalue weighted by Crippen LogP contribution is 2.09. The molecule has 0 amide bonds. The van der Waals surface area contributed by atoms with Crippen molar-refractivity contribution in [2.75, 3.05) is 11.9 Å². The van der Waals surface area contributed by atoms with Gasteiger partial charge < -0.3 is 5.32 Å². The predicted octanol–water partition coefficient (Wildman–Crippen LogP) is 1.75. The van der Waals surface area contributed by atoms with Crippen LogP contribution < -0.4 is 5.32 Å². The van der Waals surface area contributed by atoms with Gasteiger partial charge in [-0.2, -0.15) is 20.2 Å². The second-order valence-corrected chi connectivity index (χ2v) is 3.28. The summed E-state index contributed by atoms with van der Waals surface area (Å²) in [6.07, 6.45) is 0. The van der Waals surface area contributed by atoms with E-state index in [9.17, 15) is 0 Å². The Morgan fingerprint density at radius 1 is 1.36 bits per heavy atom. The van der Waals surface area contributed by atoms with Gasteiger partial charge in [0.25, 0.3) is 0 Å². The van der Waals surface area contributed by atoms with E-state index in [0.717, 1.165) is 0 Å². The molecule has 0 saturated heterocycles. The predicted molar refractivity (Wildman–Crippen MR) is 53.1 cm³/mol. The van der Waals surface area contributed by atoms with Gasteiger partial charge in [-0.15, -0.1) is 0 Å². The van der Waals surface area contributed by atoms with Gasteiger partial charge in [0.15, 0.2) is 0 Å². The average molecular weight is 232 g/mol. The highest BCUT2D eigenvalue weighted by Gasteiger charge is 2.04. The van der Waals surface area contributed by atoms with Crippen molar-refractivity contribution in [2.24, 2.45) is 5.92 Å². The summed E-state index contributed by atoms with van der Waals surface area (Å²) in [6.45, 7) is 2.21. The van der Waals surface area contributed by atoms with E-state index >= 15 is 0 Å². The molecule has 0 radical (unpaired) electrons. The highest BCUT2D eigenvalue weighted by atomic mass is 35.5. The molecule has 14 heavy (non-hydrogen) atoms. The third kappa shape index (κ3) is 3.32. The molecule has 74 valence electrons. The van der Waals surface area contributed by atoms with E-state index in [4.69, 9.17) is 28.5 Å². The standard InChI is InChI=1S/C7H7Cl2N5/c1-4(2-10)3-11-7-13-5(8)12-6(9)14-7/h4H,3H2,1H3,(H,11,12,13,14). The minimum Gasteiger partial charge on any atom is -0.353 e. The van der Waals surface area contributed by atoms with Crippen LogP contribution in [0.5, 0.6) is 0 Å². The van der Waals surface area contributed by atoms with Crippen LogP contribution in [0.15, 0.2) is 0 Å². The first-order valence-electron chi connectivity index (χ1n) is 3.82. The fraction of sp³-hybridized carbons (Fsp3) is 0.429. The smallest absolute Gasteiger partial charge is 0.228 e. The first-order valence-corrected chi connectivity index (χ1v) is 4.58. The van der Waals surface area contributed by atoms with Gasteiger partial charge in [-0.25, -0.2) is 0 Å². The first-order chi connectivity index (χ1) is 6.61. The van der Waals surface area contributed by atoms with Gasteiger partial charge in [0.1, 0.15) is 0 Å². The number of hydrogen-bond donors (Lipinski definition) is 1. The summed E-state index contributed by atoms with van der Waals surface area (Å²) >= 11 is 11.1. The summed E-state index contributed by atoms with van der Waals surface area (Å²) in [6, 6.07) is 2.06. The molecule has 0 bridgehead atoms. The van der Waals surface area contributed by atoms with Crippen LogP contribution in [0.1, 0.15) is 6.92 Å². The lowest BCUT2D eigenvalue weighted by Crippen LogP contribution is -2.12. The van der Waals surface area contributed by atoms with Gasteiger partial charge in [0, 0.05) is 6.54 Å². The highest BCUT2D eigenvalue weighted by molar-refractivity contribution is 6.31. The summed E-state index contributed by atoms with van der Waals surface area (Å²) in [7, 11) is 0. The van der Waals surface area contributed by atoms with Gasteiger partial charge in [0.05, 0.1) is 12.0 Å². The SMILES string of the molecule is CC(C#N)CNc1nc(Cl)nc(Cl)n1. The van der Waals surface area contributed by atoms with Crippen molar-refractivity contribution in [3.8, 4) is 6.07 Å². The maximum absolute atomic E-state index is 8.53. The number of rotatable bonds is 3. The van der Waals surface area contributed by atoms with E-state index in [1.807, 2.05) is 0 Å². The Morgan fingerprint density at radius 2 is 1.93 bits per heavy atom. The molecule has 1 N–H and O–H groups in total. The van der Waals surface area contributed by atoms with Crippen molar-refractivity contribution >= 4 is 29.2 Å². The second kappa shape index (κ2) is 4.94. The van der Waals surface area contributed by atoms with Crippen molar-refractivity contribution in [3.05, 3.63) is 10.6 Å². The molecule has 1 aromatic rings. The van der Waals surface area contributed by atoms with Crippen LogP contribution in [-0.4, -0.2) is 21.5 Å². The molecule has 0 aliphatic rings. The molecule has 1 rings (SSSR count). The number of anilines is 1. The largest absolute Gasteiger partial charge is 0.353 e. The van der Waals surface area contributed by atoms with Crippen LogP contribution in [0, 0.1) is 17.2 Å². The normalized spacial score (nSPS) is 11.9. The zero-order valence-electron chi connectivity index (χ0n) is 7.33. The summed E-state index contributed by atoms with van der Waals surface area (Å²) in [4.78, 5) is 11.1. The average Bonchev–Trinajstić information content (AvgIpc) is 2.12. The summed E-state index contributed by atoms with van der Waals surface area (Å²) < 4.78 is 0.